The molecule has 0 fully saturated rings. The smallest absolute Gasteiger partial charge is 0.315 e. The van der Waals surface area contributed by atoms with E-state index in [9.17, 15) is 9.59 Å². The minimum Gasteiger partial charge on any atom is -0.463 e. The van der Waals surface area contributed by atoms with E-state index >= 15 is 0 Å². The summed E-state index contributed by atoms with van der Waals surface area (Å²) in [5, 5.41) is 0. The molecule has 3 rings (SSSR count). The normalized spacial score (nSPS) is 21.4. The van der Waals surface area contributed by atoms with Gasteiger partial charge in [0, 0.05) is 49.1 Å². The van der Waals surface area contributed by atoms with Crippen molar-refractivity contribution in [2.24, 2.45) is 10.9 Å². The molecule has 1 heterocycles. The SMILES string of the molecule is CC1=NC2=C(C(=O)CCC2)[C@@H](c2ccc(N(C)C)cc2)C1C(=O)OCCOC(C)C. The van der Waals surface area contributed by atoms with Crippen LogP contribution >= 0.6 is 0 Å². The fraction of sp³-hybridized carbons (Fsp3) is 0.542. The lowest BCUT2D eigenvalue weighted by molar-refractivity contribution is -0.148. The van der Waals surface area contributed by atoms with Gasteiger partial charge >= 0.3 is 5.97 Å². The first-order valence-corrected chi connectivity index (χ1v) is 10.7. The van der Waals surface area contributed by atoms with Crippen LogP contribution in [0, 0.1) is 5.92 Å². The molecule has 0 radical (unpaired) electrons. The first-order valence-electron chi connectivity index (χ1n) is 10.7. The third-order valence-corrected chi connectivity index (χ3v) is 5.64. The van der Waals surface area contributed by atoms with Crippen molar-refractivity contribution in [2.75, 3.05) is 32.2 Å². The predicted molar refractivity (Wildman–Crippen MR) is 118 cm³/mol. The first kappa shape index (κ1) is 22.2. The van der Waals surface area contributed by atoms with Crippen LogP contribution in [0.1, 0.15) is 51.5 Å². The summed E-state index contributed by atoms with van der Waals surface area (Å²) in [6, 6.07) is 8.05. The Morgan fingerprint density at radius 1 is 1.17 bits per heavy atom. The summed E-state index contributed by atoms with van der Waals surface area (Å²) in [6.07, 6.45) is 2.16. The van der Waals surface area contributed by atoms with Crippen molar-refractivity contribution < 1.29 is 19.1 Å². The molecule has 0 saturated carbocycles. The summed E-state index contributed by atoms with van der Waals surface area (Å²) in [5.41, 5.74) is 4.23. The molecule has 6 nitrogen and oxygen atoms in total. The third kappa shape index (κ3) is 4.81. The lowest BCUT2D eigenvalue weighted by atomic mass is 9.72. The fourth-order valence-electron chi connectivity index (χ4n) is 4.17. The van der Waals surface area contributed by atoms with E-state index in [2.05, 4.69) is 4.99 Å². The molecule has 30 heavy (non-hydrogen) atoms. The van der Waals surface area contributed by atoms with Crippen molar-refractivity contribution in [3.63, 3.8) is 0 Å². The van der Waals surface area contributed by atoms with Crippen molar-refractivity contribution in [3.8, 4) is 0 Å². The Morgan fingerprint density at radius 2 is 1.87 bits per heavy atom. The maximum Gasteiger partial charge on any atom is 0.315 e. The van der Waals surface area contributed by atoms with Crippen LogP contribution in [0.5, 0.6) is 0 Å². The van der Waals surface area contributed by atoms with Crippen LogP contribution in [0.2, 0.25) is 0 Å². The Labute approximate surface area is 179 Å². The number of carbonyl (C=O) groups excluding carboxylic acids is 2. The van der Waals surface area contributed by atoms with Gasteiger partial charge < -0.3 is 14.4 Å². The van der Waals surface area contributed by atoms with Crippen molar-refractivity contribution in [1.29, 1.82) is 0 Å². The number of allylic oxidation sites excluding steroid dienone is 2. The first-order chi connectivity index (χ1) is 14.3. The number of nitrogens with zero attached hydrogens (tertiary/aromatic N) is 2. The van der Waals surface area contributed by atoms with Crippen molar-refractivity contribution in [2.45, 2.75) is 52.1 Å². The minimum atomic E-state index is -0.602. The number of esters is 1. The predicted octanol–water partition coefficient (Wildman–Crippen LogP) is 3.90. The van der Waals surface area contributed by atoms with Gasteiger partial charge in [0.05, 0.1) is 12.7 Å². The topological polar surface area (TPSA) is 68.2 Å². The number of aliphatic imine (C=N–C) groups is 1. The zero-order valence-corrected chi connectivity index (χ0v) is 18.6. The maximum absolute atomic E-state index is 13.1. The van der Waals surface area contributed by atoms with Gasteiger partial charge in [-0.2, -0.15) is 0 Å². The molecule has 0 amide bonds. The number of carbonyl (C=O) groups is 2. The number of rotatable bonds is 7. The van der Waals surface area contributed by atoms with Crippen LogP contribution in [-0.4, -0.2) is 50.9 Å². The molecule has 0 bridgehead atoms. The second kappa shape index (κ2) is 9.56. The number of ether oxygens (including phenoxy) is 2. The van der Waals surface area contributed by atoms with Crippen molar-refractivity contribution >= 4 is 23.2 Å². The Bertz CT molecular complexity index is 852. The highest BCUT2D eigenvalue weighted by Crippen LogP contribution is 2.43. The molecule has 0 spiro atoms. The van der Waals surface area contributed by atoms with Crippen LogP contribution in [0.25, 0.3) is 0 Å². The van der Waals surface area contributed by atoms with Gasteiger partial charge in [0.25, 0.3) is 0 Å². The fourth-order valence-corrected chi connectivity index (χ4v) is 4.17. The van der Waals surface area contributed by atoms with E-state index in [-0.39, 0.29) is 30.4 Å². The molecule has 162 valence electrons. The Hall–Kier alpha value is -2.47. The molecule has 1 aromatic rings. The highest BCUT2D eigenvalue weighted by atomic mass is 16.6. The van der Waals surface area contributed by atoms with Gasteiger partial charge in [-0.25, -0.2) is 0 Å². The monoisotopic (exact) mass is 412 g/mol. The average molecular weight is 413 g/mol. The second-order valence-electron chi connectivity index (χ2n) is 8.42. The van der Waals surface area contributed by atoms with Gasteiger partial charge in [0.2, 0.25) is 0 Å². The Morgan fingerprint density at radius 3 is 2.50 bits per heavy atom. The number of hydrogen-bond acceptors (Lipinski definition) is 6. The summed E-state index contributed by atoms with van der Waals surface area (Å²) < 4.78 is 11.0. The van der Waals surface area contributed by atoms with E-state index in [1.165, 1.54) is 0 Å². The molecule has 2 aliphatic rings. The van der Waals surface area contributed by atoms with Gasteiger partial charge in [-0.1, -0.05) is 12.1 Å². The summed E-state index contributed by atoms with van der Waals surface area (Å²) in [6.45, 7) is 6.28. The molecule has 0 N–H and O–H groups in total. The molecule has 0 saturated heterocycles. The quantitative estimate of drug-likeness (QED) is 0.502. The van der Waals surface area contributed by atoms with Crippen LogP contribution in [0.3, 0.4) is 0 Å². The largest absolute Gasteiger partial charge is 0.463 e. The lowest BCUT2D eigenvalue weighted by Gasteiger charge is -2.34. The number of ketones is 1. The molecule has 1 aliphatic carbocycles. The molecule has 1 aromatic carbocycles. The highest BCUT2D eigenvalue weighted by molar-refractivity contribution is 6.08. The minimum absolute atomic E-state index is 0.0808. The zero-order valence-electron chi connectivity index (χ0n) is 18.6. The number of Topliss-reactive ketones (excluding diaryl/α,β-unsaturated/α-hetero) is 1. The summed E-state index contributed by atoms with van der Waals surface area (Å²) in [7, 11) is 3.97. The van der Waals surface area contributed by atoms with E-state index < -0.39 is 5.92 Å². The van der Waals surface area contributed by atoms with Gasteiger partial charge in [0.15, 0.2) is 5.78 Å². The molecule has 0 aromatic heterocycles. The molecular weight excluding hydrogens is 380 g/mol. The Balaban J connectivity index is 1.93. The number of benzene rings is 1. The van der Waals surface area contributed by atoms with Gasteiger partial charge in [-0.3, -0.25) is 14.6 Å². The van der Waals surface area contributed by atoms with Gasteiger partial charge in [0.1, 0.15) is 12.5 Å². The Kier molecular flexibility index (Phi) is 7.08. The summed E-state index contributed by atoms with van der Waals surface area (Å²) in [5.74, 6) is -1.22. The summed E-state index contributed by atoms with van der Waals surface area (Å²) in [4.78, 5) is 32.7. The standard InChI is InChI=1S/C24H32N2O4/c1-15(2)29-13-14-30-24(28)21-16(3)25-19-7-6-8-20(27)23(19)22(21)17-9-11-18(12-10-17)26(4)5/h9-12,15,21-22H,6-8,13-14H2,1-5H3/t21?,22-/m0/s1. The average Bonchev–Trinajstić information content (AvgIpc) is 2.70. The van der Waals surface area contributed by atoms with E-state index in [4.69, 9.17) is 9.47 Å². The van der Waals surface area contributed by atoms with Crippen molar-refractivity contribution in [3.05, 3.63) is 41.1 Å². The number of hydrogen-bond donors (Lipinski definition) is 0. The highest BCUT2D eigenvalue weighted by Gasteiger charge is 2.43. The van der Waals surface area contributed by atoms with Crippen LogP contribution in [0.15, 0.2) is 40.5 Å². The van der Waals surface area contributed by atoms with Gasteiger partial charge in [-0.05, 0) is 51.3 Å². The lowest BCUT2D eigenvalue weighted by Crippen LogP contribution is -2.37. The summed E-state index contributed by atoms with van der Waals surface area (Å²) >= 11 is 0. The molecular formula is C24H32N2O4. The number of anilines is 1. The third-order valence-electron chi connectivity index (χ3n) is 5.64. The van der Waals surface area contributed by atoms with E-state index in [1.54, 1.807) is 0 Å². The van der Waals surface area contributed by atoms with Crippen LogP contribution < -0.4 is 4.90 Å². The molecule has 1 unspecified atom stereocenters. The van der Waals surface area contributed by atoms with Crippen LogP contribution in [0.4, 0.5) is 5.69 Å². The van der Waals surface area contributed by atoms with E-state index in [0.29, 0.717) is 24.3 Å². The maximum atomic E-state index is 13.1. The zero-order chi connectivity index (χ0) is 21.8. The molecule has 1 aliphatic heterocycles. The van der Waals surface area contributed by atoms with E-state index in [0.717, 1.165) is 29.8 Å². The van der Waals surface area contributed by atoms with Gasteiger partial charge in [-0.15, -0.1) is 0 Å². The van der Waals surface area contributed by atoms with Crippen LogP contribution in [-0.2, 0) is 19.1 Å². The molecule has 2 atom stereocenters. The van der Waals surface area contributed by atoms with E-state index in [1.807, 2.05) is 64.0 Å². The second-order valence-corrected chi connectivity index (χ2v) is 8.42. The molecule has 6 heteroatoms. The van der Waals surface area contributed by atoms with Crippen molar-refractivity contribution in [1.82, 2.24) is 0 Å².